The van der Waals surface area contributed by atoms with Crippen LogP contribution in [0.5, 0.6) is 0 Å². The van der Waals surface area contributed by atoms with Gasteiger partial charge in [-0.25, -0.2) is 14.3 Å². The van der Waals surface area contributed by atoms with Crippen LogP contribution in [-0.2, 0) is 7.05 Å². The van der Waals surface area contributed by atoms with Gasteiger partial charge < -0.3 is 10.4 Å². The van der Waals surface area contributed by atoms with Crippen molar-refractivity contribution in [2.45, 2.75) is 0 Å². The number of aromatic nitrogens is 3. The minimum Gasteiger partial charge on any atom is -0.478 e. The number of hydrogen-bond acceptors (Lipinski definition) is 4. The van der Waals surface area contributed by atoms with Gasteiger partial charge in [0.05, 0.1) is 11.3 Å². The third-order valence-corrected chi connectivity index (χ3v) is 3.06. The predicted molar refractivity (Wildman–Crippen MR) is 74.7 cm³/mol. The first-order valence-corrected chi connectivity index (χ1v) is 6.21. The third kappa shape index (κ3) is 3.12. The van der Waals surface area contributed by atoms with Crippen molar-refractivity contribution in [3.8, 4) is 0 Å². The number of carboxylic acid groups (broad SMARTS) is 1. The van der Waals surface area contributed by atoms with Crippen molar-refractivity contribution in [2.75, 3.05) is 10.6 Å². The molecule has 20 heavy (non-hydrogen) atoms. The van der Waals surface area contributed by atoms with E-state index in [-0.39, 0.29) is 5.56 Å². The molecule has 0 radical (unpaired) electrons. The first-order chi connectivity index (χ1) is 9.47. The largest absolute Gasteiger partial charge is 0.478 e. The molecule has 9 heteroatoms. The summed E-state index contributed by atoms with van der Waals surface area (Å²) in [6.45, 7) is 0. The summed E-state index contributed by atoms with van der Waals surface area (Å²) in [5.74, 6) is -0.749. The van der Waals surface area contributed by atoms with Crippen molar-refractivity contribution in [3.05, 3.63) is 34.6 Å². The molecule has 8 nitrogen and oxygen atoms in total. The van der Waals surface area contributed by atoms with E-state index >= 15 is 0 Å². The van der Waals surface area contributed by atoms with E-state index in [4.69, 9.17) is 5.11 Å². The van der Waals surface area contributed by atoms with E-state index in [1.165, 1.54) is 29.2 Å². The zero-order chi connectivity index (χ0) is 14.7. The average Bonchev–Trinajstić information content (AvgIpc) is 2.77. The number of rotatable bonds is 3. The lowest BCUT2D eigenvalue weighted by Gasteiger charge is -2.09. The molecule has 0 fully saturated rings. The zero-order valence-corrected chi connectivity index (χ0v) is 11.9. The Morgan fingerprint density at radius 1 is 1.35 bits per heavy atom. The first kappa shape index (κ1) is 14.0. The van der Waals surface area contributed by atoms with Crippen molar-refractivity contribution < 1.29 is 14.7 Å². The number of carbonyl (C=O) groups is 2. The van der Waals surface area contributed by atoms with E-state index in [2.05, 4.69) is 36.6 Å². The van der Waals surface area contributed by atoms with Crippen molar-refractivity contribution >= 4 is 39.6 Å². The summed E-state index contributed by atoms with van der Waals surface area (Å²) in [7, 11) is 1.64. The Bertz CT molecular complexity index is 670. The van der Waals surface area contributed by atoms with Gasteiger partial charge >= 0.3 is 12.0 Å². The van der Waals surface area contributed by atoms with Gasteiger partial charge in [-0.05, 0) is 34.1 Å². The van der Waals surface area contributed by atoms with Gasteiger partial charge in [-0.1, -0.05) is 0 Å². The molecule has 3 N–H and O–H groups in total. The summed E-state index contributed by atoms with van der Waals surface area (Å²) >= 11 is 3.20. The molecular weight excluding hydrogens is 330 g/mol. The van der Waals surface area contributed by atoms with Crippen LogP contribution >= 0.6 is 15.9 Å². The number of amides is 2. The maximum Gasteiger partial charge on any atom is 0.335 e. The Morgan fingerprint density at radius 2 is 2.10 bits per heavy atom. The second-order valence-corrected chi connectivity index (χ2v) is 4.64. The monoisotopic (exact) mass is 339 g/mol. The standard InChI is InChI=1S/C11H10BrN5O3/c1-17-10(13-5-14-17)16-11(20)15-8-3-2-6(9(18)19)4-7(8)12/h2-5H,1H3,(H,18,19)(H2,13,14,15,16,20). The van der Waals surface area contributed by atoms with Gasteiger partial charge in [0.2, 0.25) is 5.95 Å². The molecule has 0 bridgehead atoms. The molecule has 1 heterocycles. The number of nitrogens with zero attached hydrogens (tertiary/aromatic N) is 3. The minimum absolute atomic E-state index is 0.121. The summed E-state index contributed by atoms with van der Waals surface area (Å²) in [6.07, 6.45) is 1.31. The molecule has 1 aromatic heterocycles. The fourth-order valence-corrected chi connectivity index (χ4v) is 1.89. The fraction of sp³-hybridized carbons (Fsp3) is 0.0909. The fourth-order valence-electron chi connectivity index (χ4n) is 1.41. The predicted octanol–water partition coefficient (Wildman–Crippen LogP) is 1.92. The van der Waals surface area contributed by atoms with Gasteiger partial charge in [0.25, 0.3) is 0 Å². The van der Waals surface area contributed by atoms with E-state index < -0.39 is 12.0 Å². The van der Waals surface area contributed by atoms with Crippen molar-refractivity contribution in [2.24, 2.45) is 7.05 Å². The molecule has 0 saturated heterocycles. The number of carbonyl (C=O) groups excluding carboxylic acids is 1. The van der Waals surface area contributed by atoms with E-state index in [0.29, 0.717) is 16.1 Å². The molecule has 2 rings (SSSR count). The van der Waals surface area contributed by atoms with E-state index in [1.807, 2.05) is 0 Å². The number of carboxylic acids is 1. The number of halogens is 1. The van der Waals surface area contributed by atoms with E-state index in [9.17, 15) is 9.59 Å². The zero-order valence-electron chi connectivity index (χ0n) is 10.3. The summed E-state index contributed by atoms with van der Waals surface area (Å²) < 4.78 is 1.87. The second kappa shape index (κ2) is 5.70. The molecule has 2 amide bonds. The number of anilines is 2. The Hall–Kier alpha value is -2.42. The molecule has 0 aliphatic carbocycles. The molecule has 0 saturated carbocycles. The van der Waals surface area contributed by atoms with E-state index in [0.717, 1.165) is 0 Å². The first-order valence-electron chi connectivity index (χ1n) is 5.42. The quantitative estimate of drug-likeness (QED) is 0.791. The Kier molecular flexibility index (Phi) is 3.99. The number of urea groups is 1. The summed E-state index contributed by atoms with van der Waals surface area (Å²) in [4.78, 5) is 26.4. The van der Waals surface area contributed by atoms with Crippen LogP contribution in [0.25, 0.3) is 0 Å². The molecule has 104 valence electrons. The highest BCUT2D eigenvalue weighted by Crippen LogP contribution is 2.23. The van der Waals surface area contributed by atoms with Crippen LogP contribution in [0.3, 0.4) is 0 Å². The van der Waals surface area contributed by atoms with Gasteiger partial charge in [0, 0.05) is 11.5 Å². The van der Waals surface area contributed by atoms with Crippen molar-refractivity contribution in [1.29, 1.82) is 0 Å². The lowest BCUT2D eigenvalue weighted by molar-refractivity contribution is 0.0697. The Morgan fingerprint density at radius 3 is 2.65 bits per heavy atom. The molecule has 1 aromatic carbocycles. The topological polar surface area (TPSA) is 109 Å². The molecule has 0 aliphatic heterocycles. The maximum atomic E-state index is 11.8. The highest BCUT2D eigenvalue weighted by atomic mass is 79.9. The highest BCUT2D eigenvalue weighted by molar-refractivity contribution is 9.10. The van der Waals surface area contributed by atoms with Crippen LogP contribution in [0, 0.1) is 0 Å². The minimum atomic E-state index is -1.04. The molecule has 0 unspecified atom stereocenters. The highest BCUT2D eigenvalue weighted by Gasteiger charge is 2.10. The van der Waals surface area contributed by atoms with Crippen LogP contribution in [0.2, 0.25) is 0 Å². The Labute approximate surface area is 121 Å². The number of nitrogens with one attached hydrogen (secondary N) is 2. The number of hydrogen-bond donors (Lipinski definition) is 3. The van der Waals surface area contributed by atoms with Crippen LogP contribution < -0.4 is 10.6 Å². The van der Waals surface area contributed by atoms with Crippen LogP contribution in [0.15, 0.2) is 29.0 Å². The van der Waals surface area contributed by atoms with Gasteiger partial charge in [0.1, 0.15) is 6.33 Å². The number of aromatic carboxylic acids is 1. The van der Waals surface area contributed by atoms with E-state index in [1.54, 1.807) is 7.05 Å². The molecule has 0 spiro atoms. The van der Waals surface area contributed by atoms with Gasteiger partial charge in [0.15, 0.2) is 0 Å². The Balaban J connectivity index is 2.08. The molecule has 2 aromatic rings. The lowest BCUT2D eigenvalue weighted by atomic mass is 10.2. The SMILES string of the molecule is Cn1ncnc1NC(=O)Nc1ccc(C(=O)O)cc1Br. The smallest absolute Gasteiger partial charge is 0.335 e. The second-order valence-electron chi connectivity index (χ2n) is 3.79. The van der Waals surface area contributed by atoms with Gasteiger partial charge in [-0.15, -0.1) is 0 Å². The average molecular weight is 340 g/mol. The van der Waals surface area contributed by atoms with Gasteiger partial charge in [-0.2, -0.15) is 10.1 Å². The van der Waals surface area contributed by atoms with Crippen LogP contribution in [0.1, 0.15) is 10.4 Å². The summed E-state index contributed by atoms with van der Waals surface area (Å²) in [6, 6.07) is 3.78. The molecule has 0 aliphatic rings. The summed E-state index contributed by atoms with van der Waals surface area (Å²) in [5, 5.41) is 17.7. The lowest BCUT2D eigenvalue weighted by Crippen LogP contribution is -2.22. The summed E-state index contributed by atoms with van der Waals surface area (Å²) in [5.41, 5.74) is 0.561. The maximum absolute atomic E-state index is 11.8. The number of benzene rings is 1. The van der Waals surface area contributed by atoms with Crippen LogP contribution in [-0.4, -0.2) is 31.9 Å². The normalized spacial score (nSPS) is 10.1. The van der Waals surface area contributed by atoms with Gasteiger partial charge in [-0.3, -0.25) is 5.32 Å². The third-order valence-electron chi connectivity index (χ3n) is 2.40. The number of aryl methyl sites for hydroxylation is 1. The van der Waals surface area contributed by atoms with Crippen molar-refractivity contribution in [1.82, 2.24) is 14.8 Å². The van der Waals surface area contributed by atoms with Crippen molar-refractivity contribution in [3.63, 3.8) is 0 Å². The van der Waals surface area contributed by atoms with Crippen LogP contribution in [0.4, 0.5) is 16.4 Å². The molecule has 0 atom stereocenters. The molecular formula is C11H10BrN5O3.